The van der Waals surface area contributed by atoms with E-state index in [1.807, 2.05) is 12.3 Å². The van der Waals surface area contributed by atoms with Gasteiger partial charge in [-0.05, 0) is 18.4 Å². The molecule has 0 fully saturated rings. The van der Waals surface area contributed by atoms with Gasteiger partial charge in [0.2, 0.25) is 0 Å². The summed E-state index contributed by atoms with van der Waals surface area (Å²) in [6, 6.07) is 7.10. The van der Waals surface area contributed by atoms with Gasteiger partial charge in [0, 0.05) is 4.90 Å². The number of benzene rings is 1. The van der Waals surface area contributed by atoms with E-state index in [4.69, 9.17) is 15.1 Å². The Hall–Kier alpha value is -1.67. The third-order valence-corrected chi connectivity index (χ3v) is 2.45. The fourth-order valence-corrected chi connectivity index (χ4v) is 1.62. The van der Waals surface area contributed by atoms with Crippen molar-refractivity contribution in [3.05, 3.63) is 23.8 Å². The second-order valence-corrected chi connectivity index (χ2v) is 3.48. The van der Waals surface area contributed by atoms with Crippen LogP contribution in [0.5, 0.6) is 5.75 Å². The maximum atomic E-state index is 10.3. The Balaban J connectivity index is 2.97. The van der Waals surface area contributed by atoms with Crippen LogP contribution in [0, 0.1) is 11.3 Å². The standard InChI is InChI=1S/C10H9NO3S/c1-15-9-4-2-3-8(7(9)5-11)14-6-10(12)13/h2-4H,6H2,1H3,(H,12,13). The summed E-state index contributed by atoms with van der Waals surface area (Å²) in [5, 5.41) is 17.4. The number of aliphatic carboxylic acids is 1. The van der Waals surface area contributed by atoms with Crippen LogP contribution in [0.3, 0.4) is 0 Å². The van der Waals surface area contributed by atoms with Crippen LogP contribution in [0.25, 0.3) is 0 Å². The molecule has 0 spiro atoms. The van der Waals surface area contributed by atoms with Gasteiger partial charge in [0.25, 0.3) is 0 Å². The summed E-state index contributed by atoms with van der Waals surface area (Å²) < 4.78 is 5.00. The minimum atomic E-state index is -1.06. The first-order valence-corrected chi connectivity index (χ1v) is 5.33. The number of hydrogen-bond donors (Lipinski definition) is 1. The first-order chi connectivity index (χ1) is 7.19. The van der Waals surface area contributed by atoms with Crippen molar-refractivity contribution in [3.8, 4) is 11.8 Å². The zero-order valence-corrected chi connectivity index (χ0v) is 8.87. The average Bonchev–Trinajstić information content (AvgIpc) is 2.25. The lowest BCUT2D eigenvalue weighted by Gasteiger charge is -2.07. The highest BCUT2D eigenvalue weighted by Crippen LogP contribution is 2.27. The number of carboxylic acids is 1. The molecule has 0 aliphatic rings. The van der Waals surface area contributed by atoms with E-state index in [0.717, 1.165) is 4.90 Å². The van der Waals surface area contributed by atoms with Gasteiger partial charge in [0.15, 0.2) is 6.61 Å². The van der Waals surface area contributed by atoms with Crippen LogP contribution >= 0.6 is 11.8 Å². The predicted molar refractivity (Wildman–Crippen MR) is 56.1 cm³/mol. The highest BCUT2D eigenvalue weighted by molar-refractivity contribution is 7.98. The van der Waals surface area contributed by atoms with Crippen molar-refractivity contribution in [3.63, 3.8) is 0 Å². The number of carbonyl (C=O) groups is 1. The van der Waals surface area contributed by atoms with Crippen LogP contribution in [0.1, 0.15) is 5.56 Å². The van der Waals surface area contributed by atoms with Crippen LogP contribution in [-0.4, -0.2) is 23.9 Å². The van der Waals surface area contributed by atoms with Crippen LogP contribution in [0.2, 0.25) is 0 Å². The fourth-order valence-electron chi connectivity index (χ4n) is 1.05. The second kappa shape index (κ2) is 5.27. The highest BCUT2D eigenvalue weighted by Gasteiger charge is 2.09. The first-order valence-electron chi connectivity index (χ1n) is 4.10. The van der Waals surface area contributed by atoms with Gasteiger partial charge >= 0.3 is 5.97 Å². The third kappa shape index (κ3) is 2.89. The number of ether oxygens (including phenoxy) is 1. The smallest absolute Gasteiger partial charge is 0.341 e. The zero-order chi connectivity index (χ0) is 11.3. The van der Waals surface area contributed by atoms with E-state index in [9.17, 15) is 4.79 Å². The normalized spacial score (nSPS) is 9.33. The van der Waals surface area contributed by atoms with Gasteiger partial charge in [0.1, 0.15) is 17.4 Å². The van der Waals surface area contributed by atoms with Crippen molar-refractivity contribution in [1.82, 2.24) is 0 Å². The zero-order valence-electron chi connectivity index (χ0n) is 8.06. The molecule has 0 aromatic heterocycles. The van der Waals surface area contributed by atoms with Gasteiger partial charge in [0.05, 0.1) is 0 Å². The van der Waals surface area contributed by atoms with E-state index in [1.165, 1.54) is 11.8 Å². The molecule has 0 bridgehead atoms. The Morgan fingerprint density at radius 3 is 2.93 bits per heavy atom. The molecule has 1 aromatic rings. The molecule has 15 heavy (non-hydrogen) atoms. The Morgan fingerprint density at radius 2 is 2.40 bits per heavy atom. The molecule has 0 unspecified atom stereocenters. The lowest BCUT2D eigenvalue weighted by atomic mass is 10.2. The van der Waals surface area contributed by atoms with Crippen molar-refractivity contribution in [2.75, 3.05) is 12.9 Å². The number of carboxylic acid groups (broad SMARTS) is 1. The molecule has 0 saturated heterocycles. The van der Waals surface area contributed by atoms with Crippen LogP contribution in [-0.2, 0) is 4.79 Å². The van der Waals surface area contributed by atoms with E-state index >= 15 is 0 Å². The van der Waals surface area contributed by atoms with Crippen molar-refractivity contribution >= 4 is 17.7 Å². The topological polar surface area (TPSA) is 70.3 Å². The largest absolute Gasteiger partial charge is 0.480 e. The Labute approximate surface area is 91.5 Å². The summed E-state index contributed by atoms with van der Waals surface area (Å²) >= 11 is 1.42. The van der Waals surface area contributed by atoms with Gasteiger partial charge in [-0.2, -0.15) is 5.26 Å². The molecule has 0 aliphatic heterocycles. The summed E-state index contributed by atoms with van der Waals surface area (Å²) in [4.78, 5) is 11.1. The van der Waals surface area contributed by atoms with Gasteiger partial charge in [-0.1, -0.05) is 6.07 Å². The summed E-state index contributed by atoms with van der Waals surface area (Å²) in [6.07, 6.45) is 1.84. The van der Waals surface area contributed by atoms with Crippen molar-refractivity contribution in [2.24, 2.45) is 0 Å². The van der Waals surface area contributed by atoms with Crippen molar-refractivity contribution < 1.29 is 14.6 Å². The number of nitrogens with zero attached hydrogens (tertiary/aromatic N) is 1. The number of rotatable bonds is 4. The minimum absolute atomic E-state index is 0.312. The second-order valence-electron chi connectivity index (χ2n) is 2.63. The lowest BCUT2D eigenvalue weighted by molar-refractivity contribution is -0.139. The maximum Gasteiger partial charge on any atom is 0.341 e. The average molecular weight is 223 g/mol. The molecule has 1 aromatic carbocycles. The third-order valence-electron chi connectivity index (χ3n) is 1.67. The number of nitriles is 1. The molecule has 1 rings (SSSR count). The van der Waals surface area contributed by atoms with Gasteiger partial charge in [-0.25, -0.2) is 4.79 Å². The molecule has 0 radical (unpaired) electrons. The van der Waals surface area contributed by atoms with E-state index in [-0.39, 0.29) is 0 Å². The quantitative estimate of drug-likeness (QED) is 0.787. The molecule has 1 N–H and O–H groups in total. The van der Waals surface area contributed by atoms with Gasteiger partial charge in [-0.3, -0.25) is 0 Å². The molecule has 0 amide bonds. The van der Waals surface area contributed by atoms with Gasteiger partial charge in [-0.15, -0.1) is 11.8 Å². The van der Waals surface area contributed by atoms with Crippen LogP contribution in [0.4, 0.5) is 0 Å². The molecule has 0 heterocycles. The van der Waals surface area contributed by atoms with E-state index in [0.29, 0.717) is 11.3 Å². The first kappa shape index (κ1) is 11.4. The summed E-state index contributed by atoms with van der Waals surface area (Å²) in [7, 11) is 0. The molecule has 0 atom stereocenters. The van der Waals surface area contributed by atoms with Gasteiger partial charge < -0.3 is 9.84 Å². The molecule has 4 nitrogen and oxygen atoms in total. The molecular formula is C10H9NO3S. The Kier molecular flexibility index (Phi) is 4.01. The predicted octanol–water partition coefficient (Wildman–Crippen LogP) is 1.74. The molecule has 0 aliphatic carbocycles. The summed E-state index contributed by atoms with van der Waals surface area (Å²) in [6.45, 7) is -0.438. The molecular weight excluding hydrogens is 214 g/mol. The van der Waals surface area contributed by atoms with Crippen molar-refractivity contribution in [1.29, 1.82) is 5.26 Å². The molecule has 5 heteroatoms. The molecule has 0 saturated carbocycles. The van der Waals surface area contributed by atoms with E-state index in [1.54, 1.807) is 18.2 Å². The fraction of sp³-hybridized carbons (Fsp3) is 0.200. The van der Waals surface area contributed by atoms with Crippen LogP contribution in [0.15, 0.2) is 23.1 Å². The summed E-state index contributed by atoms with van der Waals surface area (Å²) in [5.41, 5.74) is 0.381. The summed E-state index contributed by atoms with van der Waals surface area (Å²) in [5.74, 6) is -0.750. The number of thioether (sulfide) groups is 1. The Bertz CT molecular complexity index is 412. The van der Waals surface area contributed by atoms with E-state index < -0.39 is 12.6 Å². The highest BCUT2D eigenvalue weighted by atomic mass is 32.2. The minimum Gasteiger partial charge on any atom is -0.480 e. The van der Waals surface area contributed by atoms with Crippen molar-refractivity contribution in [2.45, 2.75) is 4.90 Å². The SMILES string of the molecule is CSc1cccc(OCC(=O)O)c1C#N. The molecule has 78 valence electrons. The Morgan fingerprint density at radius 1 is 1.67 bits per heavy atom. The monoisotopic (exact) mass is 223 g/mol. The lowest BCUT2D eigenvalue weighted by Crippen LogP contribution is -2.10. The van der Waals surface area contributed by atoms with Crippen LogP contribution < -0.4 is 4.74 Å². The maximum absolute atomic E-state index is 10.3. The van der Waals surface area contributed by atoms with E-state index in [2.05, 4.69) is 0 Å². The number of hydrogen-bond acceptors (Lipinski definition) is 4.